The molecule has 0 saturated heterocycles. The van der Waals surface area contributed by atoms with Crippen LogP contribution < -0.4 is 4.74 Å². The van der Waals surface area contributed by atoms with Crippen LogP contribution in [0, 0.1) is 10.1 Å². The smallest absolute Gasteiger partial charge is 0.269 e. The summed E-state index contributed by atoms with van der Waals surface area (Å²) in [5.41, 5.74) is 1.41. The number of aldehydes is 1. The van der Waals surface area contributed by atoms with Crippen molar-refractivity contribution in [2.45, 2.75) is 6.61 Å². The van der Waals surface area contributed by atoms with Gasteiger partial charge in [0.1, 0.15) is 18.6 Å². The van der Waals surface area contributed by atoms with E-state index in [1.165, 1.54) is 12.1 Å². The molecule has 0 atom stereocenters. The third kappa shape index (κ3) is 3.38. The Morgan fingerprint density at radius 3 is 2.53 bits per heavy atom. The Balaban J connectivity index is 2.01. The lowest BCUT2D eigenvalue weighted by atomic mass is 10.2. The van der Waals surface area contributed by atoms with E-state index < -0.39 is 4.92 Å². The molecule has 19 heavy (non-hydrogen) atoms. The van der Waals surface area contributed by atoms with Crippen LogP contribution in [0.25, 0.3) is 0 Å². The van der Waals surface area contributed by atoms with Gasteiger partial charge in [-0.2, -0.15) is 0 Å². The van der Waals surface area contributed by atoms with Crippen molar-refractivity contribution in [2.24, 2.45) is 0 Å². The molecule has 0 N–H and O–H groups in total. The second kappa shape index (κ2) is 5.77. The van der Waals surface area contributed by atoms with E-state index in [4.69, 9.17) is 4.74 Å². The summed E-state index contributed by atoms with van der Waals surface area (Å²) in [6, 6.07) is 12.9. The van der Waals surface area contributed by atoms with Crippen LogP contribution in [0.4, 0.5) is 5.69 Å². The van der Waals surface area contributed by atoms with E-state index >= 15 is 0 Å². The molecule has 0 spiro atoms. The SMILES string of the molecule is O=Cc1cccc(OCc2ccc([N+](=O)[O-])cc2)c1. The molecule has 5 heteroatoms. The molecule has 0 aliphatic heterocycles. The van der Waals surface area contributed by atoms with Gasteiger partial charge in [0, 0.05) is 17.7 Å². The van der Waals surface area contributed by atoms with Gasteiger partial charge in [0.25, 0.3) is 5.69 Å². The Morgan fingerprint density at radius 1 is 1.16 bits per heavy atom. The van der Waals surface area contributed by atoms with Gasteiger partial charge in [0.05, 0.1) is 4.92 Å². The first-order valence-electron chi connectivity index (χ1n) is 5.60. The molecule has 0 fully saturated rings. The first-order valence-corrected chi connectivity index (χ1v) is 5.60. The van der Waals surface area contributed by atoms with E-state index in [1.807, 2.05) is 0 Å². The van der Waals surface area contributed by atoms with E-state index in [1.54, 1.807) is 36.4 Å². The number of ether oxygens (including phenoxy) is 1. The second-order valence-electron chi connectivity index (χ2n) is 3.90. The van der Waals surface area contributed by atoms with E-state index in [9.17, 15) is 14.9 Å². The summed E-state index contributed by atoms with van der Waals surface area (Å²) in [5, 5.41) is 10.5. The van der Waals surface area contributed by atoms with Crippen molar-refractivity contribution >= 4 is 12.0 Å². The molecule has 0 unspecified atom stereocenters. The normalized spacial score (nSPS) is 9.89. The molecular formula is C14H11NO4. The molecule has 2 rings (SSSR count). The monoisotopic (exact) mass is 257 g/mol. The van der Waals surface area contributed by atoms with Crippen molar-refractivity contribution in [3.8, 4) is 5.75 Å². The van der Waals surface area contributed by atoms with Gasteiger partial charge < -0.3 is 4.74 Å². The molecule has 0 saturated carbocycles. The average Bonchev–Trinajstić information content (AvgIpc) is 2.46. The second-order valence-corrected chi connectivity index (χ2v) is 3.90. The zero-order valence-electron chi connectivity index (χ0n) is 9.98. The number of nitro benzene ring substituents is 1. The molecule has 0 heterocycles. The minimum absolute atomic E-state index is 0.0479. The summed E-state index contributed by atoms with van der Waals surface area (Å²) in [6.07, 6.45) is 0.749. The Bertz CT molecular complexity index is 593. The fourth-order valence-electron chi connectivity index (χ4n) is 1.56. The number of hydrogen-bond donors (Lipinski definition) is 0. The number of rotatable bonds is 5. The van der Waals surface area contributed by atoms with Crippen molar-refractivity contribution in [3.05, 3.63) is 69.8 Å². The summed E-state index contributed by atoms with van der Waals surface area (Å²) in [7, 11) is 0. The van der Waals surface area contributed by atoms with E-state index in [-0.39, 0.29) is 5.69 Å². The van der Waals surface area contributed by atoms with Crippen molar-refractivity contribution in [1.29, 1.82) is 0 Å². The molecule has 0 amide bonds. The summed E-state index contributed by atoms with van der Waals surface area (Å²) >= 11 is 0. The molecule has 0 bridgehead atoms. The van der Waals surface area contributed by atoms with Crippen LogP contribution in [-0.4, -0.2) is 11.2 Å². The van der Waals surface area contributed by atoms with Crippen molar-refractivity contribution in [2.75, 3.05) is 0 Å². The van der Waals surface area contributed by atoms with Crippen molar-refractivity contribution < 1.29 is 14.5 Å². The molecule has 0 aliphatic rings. The molecule has 5 nitrogen and oxygen atoms in total. The lowest BCUT2D eigenvalue weighted by molar-refractivity contribution is -0.384. The minimum atomic E-state index is -0.446. The van der Waals surface area contributed by atoms with Crippen LogP contribution in [0.5, 0.6) is 5.75 Å². The summed E-state index contributed by atoms with van der Waals surface area (Å²) < 4.78 is 5.51. The first-order chi connectivity index (χ1) is 9.19. The molecular weight excluding hydrogens is 246 g/mol. The van der Waals surface area contributed by atoms with Crippen molar-refractivity contribution in [1.82, 2.24) is 0 Å². The highest BCUT2D eigenvalue weighted by Crippen LogP contribution is 2.16. The largest absolute Gasteiger partial charge is 0.489 e. The maximum Gasteiger partial charge on any atom is 0.269 e. The fourth-order valence-corrected chi connectivity index (χ4v) is 1.56. The lowest BCUT2D eigenvalue weighted by Crippen LogP contribution is -1.96. The fraction of sp³-hybridized carbons (Fsp3) is 0.0714. The Kier molecular flexibility index (Phi) is 3.87. The number of carbonyl (C=O) groups excluding carboxylic acids is 1. The predicted molar refractivity (Wildman–Crippen MR) is 69.3 cm³/mol. The predicted octanol–water partition coefficient (Wildman–Crippen LogP) is 2.99. The maximum atomic E-state index is 10.6. The quantitative estimate of drug-likeness (QED) is 0.469. The highest BCUT2D eigenvalue weighted by atomic mass is 16.6. The van der Waals surface area contributed by atoms with E-state index in [2.05, 4.69) is 0 Å². The zero-order chi connectivity index (χ0) is 13.7. The van der Waals surface area contributed by atoms with Gasteiger partial charge in [0.2, 0.25) is 0 Å². The number of benzene rings is 2. The molecule has 96 valence electrons. The third-order valence-corrected chi connectivity index (χ3v) is 2.55. The molecule has 2 aromatic rings. The molecule has 2 aromatic carbocycles. The number of nitrogens with zero attached hydrogens (tertiary/aromatic N) is 1. The number of carbonyl (C=O) groups is 1. The van der Waals surface area contributed by atoms with Crippen LogP contribution in [0.2, 0.25) is 0 Å². The number of nitro groups is 1. The van der Waals surface area contributed by atoms with E-state index in [0.717, 1.165) is 11.8 Å². The summed E-state index contributed by atoms with van der Waals surface area (Å²) in [4.78, 5) is 20.7. The van der Waals surface area contributed by atoms with Gasteiger partial charge >= 0.3 is 0 Å². The van der Waals surface area contributed by atoms with Gasteiger partial charge in [-0.1, -0.05) is 12.1 Å². The maximum absolute atomic E-state index is 10.6. The number of non-ortho nitro benzene ring substituents is 1. The Hall–Kier alpha value is -2.69. The van der Waals surface area contributed by atoms with Crippen molar-refractivity contribution in [3.63, 3.8) is 0 Å². The molecule has 0 radical (unpaired) electrons. The molecule has 0 aromatic heterocycles. The van der Waals surface area contributed by atoms with E-state index in [0.29, 0.717) is 17.9 Å². The summed E-state index contributed by atoms with van der Waals surface area (Å²) in [6.45, 7) is 0.292. The average molecular weight is 257 g/mol. The number of hydrogen-bond acceptors (Lipinski definition) is 4. The highest BCUT2D eigenvalue weighted by Gasteiger charge is 2.04. The van der Waals surface area contributed by atoms with Crippen LogP contribution >= 0.6 is 0 Å². The Morgan fingerprint density at radius 2 is 1.89 bits per heavy atom. The van der Waals surface area contributed by atoms with Crippen LogP contribution in [0.3, 0.4) is 0 Å². The first kappa shape index (κ1) is 12.8. The third-order valence-electron chi connectivity index (χ3n) is 2.55. The Labute approximate surface area is 109 Å². The van der Waals surface area contributed by atoms with Gasteiger partial charge in [-0.15, -0.1) is 0 Å². The van der Waals surface area contributed by atoms with Crippen LogP contribution in [-0.2, 0) is 6.61 Å². The standard InChI is InChI=1S/C14H11NO4/c16-9-12-2-1-3-14(8-12)19-10-11-4-6-13(7-5-11)15(17)18/h1-9H,10H2. The van der Waals surface area contributed by atoms with Gasteiger partial charge in [-0.3, -0.25) is 14.9 Å². The van der Waals surface area contributed by atoms with Gasteiger partial charge in [0.15, 0.2) is 0 Å². The lowest BCUT2D eigenvalue weighted by Gasteiger charge is -2.06. The minimum Gasteiger partial charge on any atom is -0.489 e. The highest BCUT2D eigenvalue weighted by molar-refractivity contribution is 5.75. The molecule has 0 aliphatic carbocycles. The van der Waals surface area contributed by atoms with Gasteiger partial charge in [-0.25, -0.2) is 0 Å². The zero-order valence-corrected chi connectivity index (χ0v) is 9.98. The summed E-state index contributed by atoms with van der Waals surface area (Å²) in [5.74, 6) is 0.586. The van der Waals surface area contributed by atoms with Crippen LogP contribution in [0.15, 0.2) is 48.5 Å². The topological polar surface area (TPSA) is 69.4 Å². The van der Waals surface area contributed by atoms with Crippen LogP contribution in [0.1, 0.15) is 15.9 Å². The van der Waals surface area contributed by atoms with Gasteiger partial charge in [-0.05, 0) is 29.8 Å².